The fraction of sp³-hybridized carbons (Fsp3) is 0.267. The SMILES string of the molecule is O=C(/C=C/[C@@H]1[C@@H](OCc2ccccc2)CCN1C(=O)OCc1ccccc1)COCc1ccccc1. The number of likely N-dealkylation sites (tertiary alicyclic amines) is 1. The molecule has 0 N–H and O–H groups in total. The van der Waals surface area contributed by atoms with Crippen molar-refractivity contribution in [3.8, 4) is 0 Å². The van der Waals surface area contributed by atoms with Gasteiger partial charge in [-0.1, -0.05) is 97.1 Å². The Morgan fingerprint density at radius 3 is 1.94 bits per heavy atom. The van der Waals surface area contributed by atoms with Crippen molar-refractivity contribution in [3.63, 3.8) is 0 Å². The molecule has 4 rings (SSSR count). The molecule has 6 nitrogen and oxygen atoms in total. The molecule has 36 heavy (non-hydrogen) atoms. The molecule has 0 saturated carbocycles. The van der Waals surface area contributed by atoms with Crippen LogP contribution in [-0.4, -0.2) is 42.1 Å². The van der Waals surface area contributed by atoms with Crippen LogP contribution in [0.15, 0.2) is 103 Å². The molecule has 1 heterocycles. The smallest absolute Gasteiger partial charge is 0.410 e. The molecule has 1 saturated heterocycles. The average Bonchev–Trinajstić information content (AvgIpc) is 3.34. The molecule has 1 fully saturated rings. The van der Waals surface area contributed by atoms with Crippen molar-refractivity contribution in [2.45, 2.75) is 38.4 Å². The summed E-state index contributed by atoms with van der Waals surface area (Å²) in [6.07, 6.45) is 3.20. The van der Waals surface area contributed by atoms with Gasteiger partial charge >= 0.3 is 6.09 Å². The van der Waals surface area contributed by atoms with E-state index >= 15 is 0 Å². The average molecular weight is 486 g/mol. The highest BCUT2D eigenvalue weighted by Crippen LogP contribution is 2.25. The third kappa shape index (κ3) is 7.63. The van der Waals surface area contributed by atoms with Crippen LogP contribution in [0.25, 0.3) is 0 Å². The molecule has 1 aliphatic rings. The monoisotopic (exact) mass is 485 g/mol. The van der Waals surface area contributed by atoms with Gasteiger partial charge in [-0.3, -0.25) is 9.69 Å². The lowest BCUT2D eigenvalue weighted by Gasteiger charge is -2.25. The lowest BCUT2D eigenvalue weighted by atomic mass is 10.1. The van der Waals surface area contributed by atoms with Crippen molar-refractivity contribution >= 4 is 11.9 Å². The van der Waals surface area contributed by atoms with E-state index in [4.69, 9.17) is 14.2 Å². The molecule has 6 heteroatoms. The first-order valence-electron chi connectivity index (χ1n) is 12.1. The number of ketones is 1. The first kappa shape index (κ1) is 25.4. The summed E-state index contributed by atoms with van der Waals surface area (Å²) in [5.41, 5.74) is 2.97. The van der Waals surface area contributed by atoms with Gasteiger partial charge in [-0.05, 0) is 29.2 Å². The Bertz CT molecular complexity index is 1120. The van der Waals surface area contributed by atoms with Crippen LogP contribution in [0.3, 0.4) is 0 Å². The molecule has 0 unspecified atom stereocenters. The molecule has 186 valence electrons. The van der Waals surface area contributed by atoms with Gasteiger partial charge < -0.3 is 14.2 Å². The molecule has 0 bridgehead atoms. The molecule has 0 aromatic heterocycles. The third-order valence-corrected chi connectivity index (χ3v) is 5.98. The fourth-order valence-electron chi connectivity index (χ4n) is 4.09. The standard InChI is InChI=1S/C30H31NO5/c32-27(23-34-20-24-10-4-1-5-11-24)16-17-28-29(35-21-25-12-6-2-7-13-25)18-19-31(28)30(33)36-22-26-14-8-3-9-15-26/h1-17,28-29H,18-23H2/b17-16+/t28-,29+/m1/s1. The Morgan fingerprint density at radius 1 is 0.778 bits per heavy atom. The molecule has 0 radical (unpaired) electrons. The zero-order valence-corrected chi connectivity index (χ0v) is 20.2. The van der Waals surface area contributed by atoms with E-state index in [2.05, 4.69) is 0 Å². The summed E-state index contributed by atoms with van der Waals surface area (Å²) in [6.45, 7) is 1.43. The first-order chi connectivity index (χ1) is 17.7. The van der Waals surface area contributed by atoms with Gasteiger partial charge in [0.1, 0.15) is 13.2 Å². The van der Waals surface area contributed by atoms with Crippen LogP contribution in [0.4, 0.5) is 4.79 Å². The predicted octanol–water partition coefficient (Wildman–Crippen LogP) is 5.33. The van der Waals surface area contributed by atoms with Gasteiger partial charge in [0.2, 0.25) is 0 Å². The minimum Gasteiger partial charge on any atom is -0.445 e. The number of nitrogens with zero attached hydrogens (tertiary/aromatic N) is 1. The summed E-state index contributed by atoms with van der Waals surface area (Å²) in [7, 11) is 0. The van der Waals surface area contributed by atoms with Gasteiger partial charge in [-0.2, -0.15) is 0 Å². The van der Waals surface area contributed by atoms with Crippen molar-refractivity contribution in [1.82, 2.24) is 4.90 Å². The summed E-state index contributed by atoms with van der Waals surface area (Å²) in [5, 5.41) is 0. The summed E-state index contributed by atoms with van der Waals surface area (Å²) < 4.78 is 17.3. The molecule has 0 spiro atoms. The van der Waals surface area contributed by atoms with E-state index < -0.39 is 12.1 Å². The van der Waals surface area contributed by atoms with Crippen LogP contribution >= 0.6 is 0 Å². The maximum atomic E-state index is 12.9. The van der Waals surface area contributed by atoms with Crippen LogP contribution in [-0.2, 0) is 38.8 Å². The Labute approximate surface area is 212 Å². The number of hydrogen-bond acceptors (Lipinski definition) is 5. The van der Waals surface area contributed by atoms with E-state index in [-0.39, 0.29) is 25.1 Å². The summed E-state index contributed by atoms with van der Waals surface area (Å²) in [4.78, 5) is 27.0. The maximum Gasteiger partial charge on any atom is 0.410 e. The number of amides is 1. The number of rotatable bonds is 11. The van der Waals surface area contributed by atoms with E-state index in [1.807, 2.05) is 91.0 Å². The summed E-state index contributed by atoms with van der Waals surface area (Å²) >= 11 is 0. The second-order valence-electron chi connectivity index (χ2n) is 8.65. The van der Waals surface area contributed by atoms with Gasteiger partial charge in [0.15, 0.2) is 5.78 Å². The molecule has 1 aliphatic heterocycles. The molecule has 2 atom stereocenters. The second-order valence-corrected chi connectivity index (χ2v) is 8.65. The highest BCUT2D eigenvalue weighted by Gasteiger charge is 2.37. The van der Waals surface area contributed by atoms with Gasteiger partial charge in [0.05, 0.1) is 25.4 Å². The topological polar surface area (TPSA) is 65.1 Å². The summed E-state index contributed by atoms with van der Waals surface area (Å²) in [5.74, 6) is -0.169. The number of carbonyl (C=O) groups excluding carboxylic acids is 2. The number of carbonyl (C=O) groups is 2. The molecular weight excluding hydrogens is 454 g/mol. The van der Waals surface area contributed by atoms with Crippen LogP contribution < -0.4 is 0 Å². The molecule has 1 amide bonds. The van der Waals surface area contributed by atoms with Gasteiger partial charge in [-0.25, -0.2) is 4.79 Å². The normalized spacial score (nSPS) is 17.4. The van der Waals surface area contributed by atoms with Crippen LogP contribution in [0.1, 0.15) is 23.1 Å². The predicted molar refractivity (Wildman–Crippen MR) is 137 cm³/mol. The Balaban J connectivity index is 1.36. The van der Waals surface area contributed by atoms with Crippen LogP contribution in [0, 0.1) is 0 Å². The highest BCUT2D eigenvalue weighted by molar-refractivity contribution is 5.90. The van der Waals surface area contributed by atoms with Crippen molar-refractivity contribution in [2.24, 2.45) is 0 Å². The van der Waals surface area contributed by atoms with E-state index in [0.29, 0.717) is 26.2 Å². The Hall–Kier alpha value is -3.74. The zero-order chi connectivity index (χ0) is 25.0. The number of benzene rings is 3. The molecule has 3 aromatic carbocycles. The molecular formula is C30H31NO5. The van der Waals surface area contributed by atoms with Crippen molar-refractivity contribution in [3.05, 3.63) is 120 Å². The Kier molecular flexibility index (Phi) is 9.42. The minimum absolute atomic E-state index is 0.0356. The lowest BCUT2D eigenvalue weighted by Crippen LogP contribution is -2.39. The van der Waals surface area contributed by atoms with Crippen molar-refractivity contribution < 1.29 is 23.8 Å². The van der Waals surface area contributed by atoms with Gasteiger partial charge in [0, 0.05) is 6.54 Å². The third-order valence-electron chi connectivity index (χ3n) is 5.98. The summed E-state index contributed by atoms with van der Waals surface area (Å²) in [6, 6.07) is 28.7. The van der Waals surface area contributed by atoms with E-state index in [1.54, 1.807) is 11.0 Å². The largest absolute Gasteiger partial charge is 0.445 e. The van der Waals surface area contributed by atoms with Crippen molar-refractivity contribution in [2.75, 3.05) is 13.2 Å². The highest BCUT2D eigenvalue weighted by atomic mass is 16.6. The lowest BCUT2D eigenvalue weighted by molar-refractivity contribution is -0.119. The maximum absolute atomic E-state index is 12.9. The second kappa shape index (κ2) is 13.4. The van der Waals surface area contributed by atoms with Crippen LogP contribution in [0.5, 0.6) is 0 Å². The van der Waals surface area contributed by atoms with Gasteiger partial charge in [0.25, 0.3) is 0 Å². The number of ether oxygens (including phenoxy) is 3. The van der Waals surface area contributed by atoms with E-state index in [0.717, 1.165) is 16.7 Å². The number of hydrogen-bond donors (Lipinski definition) is 0. The first-order valence-corrected chi connectivity index (χ1v) is 12.1. The zero-order valence-electron chi connectivity index (χ0n) is 20.2. The van der Waals surface area contributed by atoms with E-state index in [9.17, 15) is 9.59 Å². The van der Waals surface area contributed by atoms with E-state index in [1.165, 1.54) is 6.08 Å². The Morgan fingerprint density at radius 2 is 1.33 bits per heavy atom. The fourth-order valence-corrected chi connectivity index (χ4v) is 4.09. The van der Waals surface area contributed by atoms with Crippen molar-refractivity contribution in [1.29, 1.82) is 0 Å². The minimum atomic E-state index is -0.424. The quantitative estimate of drug-likeness (QED) is 0.344. The molecule has 3 aromatic rings. The molecule has 0 aliphatic carbocycles. The van der Waals surface area contributed by atoms with Crippen LogP contribution in [0.2, 0.25) is 0 Å². The van der Waals surface area contributed by atoms with Gasteiger partial charge in [-0.15, -0.1) is 0 Å².